The highest BCUT2D eigenvalue weighted by Crippen LogP contribution is 2.28. The normalized spacial score (nSPS) is 13.6. The molecule has 1 heterocycles. The second kappa shape index (κ2) is 7.02. The van der Waals surface area contributed by atoms with E-state index in [0.29, 0.717) is 12.5 Å². The quantitative estimate of drug-likeness (QED) is 0.856. The average Bonchev–Trinajstić information content (AvgIpc) is 2.34. The first-order chi connectivity index (χ1) is 9.29. The van der Waals surface area contributed by atoms with Gasteiger partial charge in [0.25, 0.3) is 0 Å². The Hall–Kier alpha value is -1.16. The van der Waals surface area contributed by atoms with E-state index >= 15 is 0 Å². The Labute approximate surface area is 123 Å². The number of aromatic nitrogens is 2. The lowest BCUT2D eigenvalue weighted by molar-refractivity contribution is 0.0230. The summed E-state index contributed by atoms with van der Waals surface area (Å²) in [6.07, 6.45) is -0.0558. The van der Waals surface area contributed by atoms with Crippen molar-refractivity contribution in [2.75, 3.05) is 18.5 Å². The summed E-state index contributed by atoms with van der Waals surface area (Å²) in [6, 6.07) is 2.04. The molecule has 1 aromatic heterocycles. The maximum absolute atomic E-state index is 5.84. The minimum Gasteiger partial charge on any atom is -0.370 e. The van der Waals surface area contributed by atoms with E-state index in [1.807, 2.05) is 13.0 Å². The zero-order chi connectivity index (χ0) is 15.3. The number of hydrogen-bond acceptors (Lipinski definition) is 4. The van der Waals surface area contributed by atoms with E-state index in [1.165, 1.54) is 0 Å². The van der Waals surface area contributed by atoms with Crippen LogP contribution in [0.4, 0.5) is 5.82 Å². The van der Waals surface area contributed by atoms with Crippen LogP contribution in [0.1, 0.15) is 66.1 Å². The van der Waals surface area contributed by atoms with Crippen LogP contribution in [0.5, 0.6) is 0 Å². The summed E-state index contributed by atoms with van der Waals surface area (Å²) in [4.78, 5) is 9.38. The van der Waals surface area contributed by atoms with E-state index < -0.39 is 0 Å². The highest BCUT2D eigenvalue weighted by molar-refractivity contribution is 5.38. The molecule has 0 aliphatic heterocycles. The molecule has 1 rings (SSSR count). The fourth-order valence-electron chi connectivity index (χ4n) is 1.99. The third-order valence-electron chi connectivity index (χ3n) is 3.08. The molecular weight excluding hydrogens is 250 g/mol. The Morgan fingerprint density at radius 3 is 2.30 bits per heavy atom. The van der Waals surface area contributed by atoms with Gasteiger partial charge in [0.15, 0.2) is 5.82 Å². The van der Waals surface area contributed by atoms with Crippen LogP contribution in [-0.2, 0) is 10.2 Å². The molecule has 4 heteroatoms. The fourth-order valence-corrected chi connectivity index (χ4v) is 1.99. The van der Waals surface area contributed by atoms with E-state index in [0.717, 1.165) is 23.9 Å². The van der Waals surface area contributed by atoms with Gasteiger partial charge < -0.3 is 10.1 Å². The van der Waals surface area contributed by atoms with Crippen LogP contribution in [0.3, 0.4) is 0 Å². The standard InChI is InChI=1S/C16H29N3O/c1-8-17-13-10-12(16(5,6)7)18-15(19-13)14(11(3)4)20-9-2/h10-11,14H,8-9H2,1-7H3,(H,17,18,19). The van der Waals surface area contributed by atoms with Gasteiger partial charge in [-0.2, -0.15) is 0 Å². The number of nitrogens with one attached hydrogen (secondary N) is 1. The molecule has 0 amide bonds. The molecule has 0 bridgehead atoms. The molecule has 0 aliphatic rings. The van der Waals surface area contributed by atoms with E-state index in [-0.39, 0.29) is 11.5 Å². The number of anilines is 1. The van der Waals surface area contributed by atoms with Gasteiger partial charge in [-0.3, -0.25) is 0 Å². The van der Waals surface area contributed by atoms with Crippen molar-refractivity contribution in [3.05, 3.63) is 17.6 Å². The van der Waals surface area contributed by atoms with E-state index in [1.54, 1.807) is 0 Å². The van der Waals surface area contributed by atoms with Gasteiger partial charge >= 0.3 is 0 Å². The van der Waals surface area contributed by atoms with Crippen LogP contribution < -0.4 is 5.32 Å². The molecule has 0 aromatic carbocycles. The smallest absolute Gasteiger partial charge is 0.160 e. The molecular formula is C16H29N3O. The predicted molar refractivity (Wildman–Crippen MR) is 84.1 cm³/mol. The third-order valence-corrected chi connectivity index (χ3v) is 3.08. The van der Waals surface area contributed by atoms with Gasteiger partial charge in [-0.15, -0.1) is 0 Å². The van der Waals surface area contributed by atoms with Gasteiger partial charge in [0.05, 0.1) is 5.69 Å². The summed E-state index contributed by atoms with van der Waals surface area (Å²) in [7, 11) is 0. The lowest BCUT2D eigenvalue weighted by Gasteiger charge is -2.24. The minimum atomic E-state index is -0.0558. The topological polar surface area (TPSA) is 47.0 Å². The lowest BCUT2D eigenvalue weighted by Crippen LogP contribution is -2.21. The van der Waals surface area contributed by atoms with Crippen LogP contribution in [0, 0.1) is 5.92 Å². The number of ether oxygens (including phenoxy) is 1. The van der Waals surface area contributed by atoms with Gasteiger partial charge in [0.1, 0.15) is 11.9 Å². The van der Waals surface area contributed by atoms with Crippen molar-refractivity contribution in [2.24, 2.45) is 5.92 Å². The monoisotopic (exact) mass is 279 g/mol. The van der Waals surface area contributed by atoms with Crippen molar-refractivity contribution in [2.45, 2.75) is 60.0 Å². The van der Waals surface area contributed by atoms with E-state index in [4.69, 9.17) is 9.72 Å². The van der Waals surface area contributed by atoms with Crippen molar-refractivity contribution >= 4 is 5.82 Å². The molecule has 0 saturated heterocycles. The SMILES string of the molecule is CCNc1cc(C(C)(C)C)nc(C(OCC)C(C)C)n1. The Kier molecular flexibility index (Phi) is 5.93. The Morgan fingerprint density at radius 1 is 1.20 bits per heavy atom. The summed E-state index contributed by atoms with van der Waals surface area (Å²) in [5, 5.41) is 3.29. The molecule has 1 atom stereocenters. The third kappa shape index (κ3) is 4.44. The van der Waals surface area contributed by atoms with Crippen LogP contribution in [0.2, 0.25) is 0 Å². The highest BCUT2D eigenvalue weighted by Gasteiger charge is 2.24. The maximum Gasteiger partial charge on any atom is 0.160 e. The van der Waals surface area contributed by atoms with Crippen molar-refractivity contribution < 1.29 is 4.74 Å². The first-order valence-corrected chi connectivity index (χ1v) is 7.54. The number of rotatable bonds is 6. The zero-order valence-corrected chi connectivity index (χ0v) is 13.9. The van der Waals surface area contributed by atoms with Crippen molar-refractivity contribution in [1.29, 1.82) is 0 Å². The van der Waals surface area contributed by atoms with Crippen molar-refractivity contribution in [3.63, 3.8) is 0 Å². The second-order valence-corrected chi connectivity index (χ2v) is 6.40. The summed E-state index contributed by atoms with van der Waals surface area (Å²) >= 11 is 0. The Bertz CT molecular complexity index is 424. The van der Waals surface area contributed by atoms with Gasteiger partial charge in [0, 0.05) is 24.6 Å². The first-order valence-electron chi connectivity index (χ1n) is 7.54. The van der Waals surface area contributed by atoms with Crippen LogP contribution >= 0.6 is 0 Å². The molecule has 114 valence electrons. The summed E-state index contributed by atoms with van der Waals surface area (Å²) in [5.41, 5.74) is 1.04. The van der Waals surface area contributed by atoms with Gasteiger partial charge in [-0.1, -0.05) is 34.6 Å². The molecule has 20 heavy (non-hydrogen) atoms. The molecule has 0 fully saturated rings. The van der Waals surface area contributed by atoms with Gasteiger partial charge in [0.2, 0.25) is 0 Å². The minimum absolute atomic E-state index is 0.00436. The maximum atomic E-state index is 5.84. The second-order valence-electron chi connectivity index (χ2n) is 6.40. The molecule has 0 radical (unpaired) electrons. The highest BCUT2D eigenvalue weighted by atomic mass is 16.5. The number of nitrogens with zero attached hydrogens (tertiary/aromatic N) is 2. The molecule has 0 saturated carbocycles. The summed E-state index contributed by atoms with van der Waals surface area (Å²) in [5.74, 6) is 2.01. The van der Waals surface area contributed by atoms with E-state index in [2.05, 4.69) is 51.8 Å². The summed E-state index contributed by atoms with van der Waals surface area (Å²) in [6.45, 7) is 16.4. The molecule has 1 N–H and O–H groups in total. The molecule has 1 unspecified atom stereocenters. The van der Waals surface area contributed by atoms with E-state index in [9.17, 15) is 0 Å². The molecule has 1 aromatic rings. The molecule has 0 aliphatic carbocycles. The lowest BCUT2D eigenvalue weighted by atomic mass is 9.91. The van der Waals surface area contributed by atoms with Crippen molar-refractivity contribution in [1.82, 2.24) is 9.97 Å². The molecule has 4 nitrogen and oxygen atoms in total. The van der Waals surface area contributed by atoms with Gasteiger partial charge in [-0.05, 0) is 19.8 Å². The number of hydrogen-bond donors (Lipinski definition) is 1. The predicted octanol–water partition coefficient (Wildman–Crippen LogP) is 3.94. The van der Waals surface area contributed by atoms with Crippen LogP contribution in [0.15, 0.2) is 6.07 Å². The zero-order valence-electron chi connectivity index (χ0n) is 13.9. The molecule has 0 spiro atoms. The van der Waals surface area contributed by atoms with Gasteiger partial charge in [-0.25, -0.2) is 9.97 Å². The Balaban J connectivity index is 3.26. The Morgan fingerprint density at radius 2 is 1.85 bits per heavy atom. The fraction of sp³-hybridized carbons (Fsp3) is 0.750. The summed E-state index contributed by atoms with van der Waals surface area (Å²) < 4.78 is 5.84. The van der Waals surface area contributed by atoms with Crippen molar-refractivity contribution in [3.8, 4) is 0 Å². The first kappa shape index (κ1) is 16.9. The average molecular weight is 279 g/mol. The van der Waals surface area contributed by atoms with Crippen LogP contribution in [-0.4, -0.2) is 23.1 Å². The largest absolute Gasteiger partial charge is 0.370 e. The van der Waals surface area contributed by atoms with Crippen LogP contribution in [0.25, 0.3) is 0 Å².